The van der Waals surface area contributed by atoms with Crippen LogP contribution in [0.15, 0.2) is 30.5 Å². The number of benzene rings is 1. The molecule has 1 amide bonds. The van der Waals surface area contributed by atoms with E-state index in [0.29, 0.717) is 17.7 Å². The van der Waals surface area contributed by atoms with Gasteiger partial charge in [0.15, 0.2) is 5.78 Å². The molecule has 0 bridgehead atoms. The van der Waals surface area contributed by atoms with Crippen molar-refractivity contribution in [2.45, 2.75) is 33.4 Å². The summed E-state index contributed by atoms with van der Waals surface area (Å²) >= 11 is 0. The van der Waals surface area contributed by atoms with Gasteiger partial charge in [-0.1, -0.05) is 12.1 Å². The number of nitrogens with one attached hydrogen (secondary N) is 2. The number of carbonyl (C=O) groups is 2. The fourth-order valence-corrected chi connectivity index (χ4v) is 3.03. The molecule has 0 aliphatic carbocycles. The summed E-state index contributed by atoms with van der Waals surface area (Å²) in [5.74, 6) is -0.224. The van der Waals surface area contributed by atoms with Gasteiger partial charge in [-0.15, -0.1) is 0 Å². The van der Waals surface area contributed by atoms with E-state index in [9.17, 15) is 9.59 Å². The van der Waals surface area contributed by atoms with Gasteiger partial charge in [-0.25, -0.2) is 0 Å². The normalized spacial score (nSPS) is 13.2. The summed E-state index contributed by atoms with van der Waals surface area (Å²) in [7, 11) is 0. The summed E-state index contributed by atoms with van der Waals surface area (Å²) in [4.78, 5) is 28.3. The Morgan fingerprint density at radius 1 is 1.29 bits per heavy atom. The highest BCUT2D eigenvalue weighted by Gasteiger charge is 2.16. The van der Waals surface area contributed by atoms with Crippen LogP contribution in [-0.4, -0.2) is 23.2 Å². The van der Waals surface area contributed by atoms with Crippen LogP contribution >= 0.6 is 0 Å². The van der Waals surface area contributed by atoms with Crippen molar-refractivity contribution in [3.05, 3.63) is 64.0 Å². The topological polar surface area (TPSA) is 71.1 Å². The molecule has 0 saturated heterocycles. The van der Waals surface area contributed by atoms with Gasteiger partial charge in [0.2, 0.25) is 0 Å². The van der Waals surface area contributed by atoms with Crippen LogP contribution in [0.1, 0.15) is 50.0 Å². The summed E-state index contributed by atoms with van der Waals surface area (Å²) in [5.41, 5.74) is 5.59. The summed E-state index contributed by atoms with van der Waals surface area (Å²) < 4.78 is 0. The van der Waals surface area contributed by atoms with E-state index < -0.39 is 0 Å². The average Bonchev–Trinajstić information content (AvgIpc) is 2.60. The molecule has 5 nitrogen and oxygen atoms in total. The highest BCUT2D eigenvalue weighted by Crippen LogP contribution is 2.20. The number of fused-ring (bicyclic) bond motifs is 1. The molecule has 1 aromatic heterocycles. The first-order valence-electron chi connectivity index (χ1n) is 8.12. The van der Waals surface area contributed by atoms with Crippen molar-refractivity contribution >= 4 is 11.7 Å². The zero-order chi connectivity index (χ0) is 17.1. The van der Waals surface area contributed by atoms with Gasteiger partial charge in [0.05, 0.1) is 0 Å². The monoisotopic (exact) mass is 323 g/mol. The summed E-state index contributed by atoms with van der Waals surface area (Å²) in [6, 6.07) is 6.80. The predicted octanol–water partition coefficient (Wildman–Crippen LogP) is 2.17. The van der Waals surface area contributed by atoms with Crippen molar-refractivity contribution in [1.29, 1.82) is 0 Å². The summed E-state index contributed by atoms with van der Waals surface area (Å²) in [6.07, 6.45) is 2.86. The molecule has 0 fully saturated rings. The first-order valence-corrected chi connectivity index (χ1v) is 8.12. The first-order chi connectivity index (χ1) is 11.6. The molecule has 124 valence electrons. The Morgan fingerprint density at radius 2 is 2.08 bits per heavy atom. The summed E-state index contributed by atoms with van der Waals surface area (Å²) in [6.45, 7) is 5.68. The minimum absolute atomic E-state index is 0.0469. The van der Waals surface area contributed by atoms with Crippen molar-refractivity contribution < 1.29 is 9.59 Å². The molecular formula is C19H21N3O2. The van der Waals surface area contributed by atoms with E-state index in [1.165, 1.54) is 18.1 Å². The van der Waals surface area contributed by atoms with Crippen molar-refractivity contribution in [1.82, 2.24) is 15.6 Å². The number of aryl methyl sites for hydroxylation is 1. The second-order valence-corrected chi connectivity index (χ2v) is 6.07. The molecule has 24 heavy (non-hydrogen) atoms. The lowest BCUT2D eigenvalue weighted by Gasteiger charge is -2.21. The second-order valence-electron chi connectivity index (χ2n) is 6.07. The Morgan fingerprint density at radius 3 is 2.88 bits per heavy atom. The van der Waals surface area contributed by atoms with Crippen molar-refractivity contribution in [2.24, 2.45) is 0 Å². The minimum Gasteiger partial charge on any atom is -0.348 e. The predicted molar refractivity (Wildman–Crippen MR) is 92.0 cm³/mol. The van der Waals surface area contributed by atoms with Crippen LogP contribution < -0.4 is 10.6 Å². The smallest absolute Gasteiger partial charge is 0.251 e. The van der Waals surface area contributed by atoms with E-state index in [2.05, 4.69) is 15.6 Å². The molecular weight excluding hydrogens is 302 g/mol. The highest BCUT2D eigenvalue weighted by atomic mass is 16.1. The standard InChI is InChI=1S/C19H21N3O2/c1-12-18(17-6-7-20-9-16(17)10-21-12)11-22-19(24)15-5-3-4-14(8-15)13(2)23/h3-5,8,10,20H,6-7,9,11H2,1-2H3,(H,22,24). The number of aromatic nitrogens is 1. The highest BCUT2D eigenvalue weighted by molar-refractivity contribution is 5.99. The Labute approximate surface area is 141 Å². The van der Waals surface area contributed by atoms with Crippen LogP contribution in [0.2, 0.25) is 0 Å². The fraction of sp³-hybridized carbons (Fsp3) is 0.316. The zero-order valence-electron chi connectivity index (χ0n) is 14.0. The lowest BCUT2D eigenvalue weighted by Crippen LogP contribution is -2.28. The van der Waals surface area contributed by atoms with Crippen LogP contribution in [-0.2, 0) is 19.5 Å². The number of pyridine rings is 1. The molecule has 0 unspecified atom stereocenters. The van der Waals surface area contributed by atoms with E-state index in [0.717, 1.165) is 30.8 Å². The van der Waals surface area contributed by atoms with Crippen LogP contribution in [0.4, 0.5) is 0 Å². The van der Waals surface area contributed by atoms with Gasteiger partial charge >= 0.3 is 0 Å². The largest absolute Gasteiger partial charge is 0.348 e. The molecule has 0 atom stereocenters. The molecule has 5 heteroatoms. The maximum atomic E-state index is 12.4. The Bertz CT molecular complexity index is 799. The SMILES string of the molecule is CC(=O)c1cccc(C(=O)NCc2c(C)ncc3c2CCNC3)c1. The van der Waals surface area contributed by atoms with Crippen LogP contribution in [0, 0.1) is 6.92 Å². The van der Waals surface area contributed by atoms with E-state index in [1.54, 1.807) is 24.3 Å². The van der Waals surface area contributed by atoms with E-state index in [-0.39, 0.29) is 11.7 Å². The van der Waals surface area contributed by atoms with E-state index in [1.807, 2.05) is 13.1 Å². The van der Waals surface area contributed by atoms with Crippen LogP contribution in [0.5, 0.6) is 0 Å². The Hall–Kier alpha value is -2.53. The average molecular weight is 323 g/mol. The minimum atomic E-state index is -0.177. The number of nitrogens with zero attached hydrogens (tertiary/aromatic N) is 1. The number of ketones is 1. The summed E-state index contributed by atoms with van der Waals surface area (Å²) in [5, 5.41) is 6.30. The lowest BCUT2D eigenvalue weighted by molar-refractivity contribution is 0.0950. The third-order valence-corrected chi connectivity index (χ3v) is 4.43. The molecule has 3 rings (SSSR count). The number of hydrogen-bond donors (Lipinski definition) is 2. The van der Waals surface area contributed by atoms with Crippen LogP contribution in [0.3, 0.4) is 0 Å². The number of Topliss-reactive ketones (excluding diaryl/α,β-unsaturated/α-hetero) is 1. The van der Waals surface area contributed by atoms with Crippen molar-refractivity contribution in [3.63, 3.8) is 0 Å². The maximum Gasteiger partial charge on any atom is 0.251 e. The number of carbonyl (C=O) groups excluding carboxylic acids is 2. The van der Waals surface area contributed by atoms with Gasteiger partial charge in [0.1, 0.15) is 0 Å². The quantitative estimate of drug-likeness (QED) is 0.846. The third-order valence-electron chi connectivity index (χ3n) is 4.43. The van der Waals surface area contributed by atoms with Crippen molar-refractivity contribution in [2.75, 3.05) is 6.54 Å². The van der Waals surface area contributed by atoms with Gasteiger partial charge in [0.25, 0.3) is 5.91 Å². The molecule has 2 heterocycles. The Balaban J connectivity index is 1.78. The second kappa shape index (κ2) is 6.93. The molecule has 2 N–H and O–H groups in total. The zero-order valence-corrected chi connectivity index (χ0v) is 14.0. The molecule has 1 aromatic carbocycles. The van der Waals surface area contributed by atoms with Gasteiger partial charge < -0.3 is 10.6 Å². The van der Waals surface area contributed by atoms with Gasteiger partial charge in [-0.3, -0.25) is 14.6 Å². The van der Waals surface area contributed by atoms with Crippen molar-refractivity contribution in [3.8, 4) is 0 Å². The number of hydrogen-bond acceptors (Lipinski definition) is 4. The lowest BCUT2D eigenvalue weighted by atomic mass is 9.96. The van der Waals surface area contributed by atoms with E-state index in [4.69, 9.17) is 0 Å². The third kappa shape index (κ3) is 3.36. The van der Waals surface area contributed by atoms with Gasteiger partial charge in [-0.2, -0.15) is 0 Å². The number of amides is 1. The maximum absolute atomic E-state index is 12.4. The van der Waals surface area contributed by atoms with Gasteiger partial charge in [0, 0.05) is 36.1 Å². The van der Waals surface area contributed by atoms with Crippen LogP contribution in [0.25, 0.3) is 0 Å². The first kappa shape index (κ1) is 16.3. The fourth-order valence-electron chi connectivity index (χ4n) is 3.03. The molecule has 0 radical (unpaired) electrons. The molecule has 0 saturated carbocycles. The molecule has 1 aliphatic rings. The molecule has 1 aliphatic heterocycles. The van der Waals surface area contributed by atoms with Gasteiger partial charge in [-0.05, 0) is 55.6 Å². The number of rotatable bonds is 4. The van der Waals surface area contributed by atoms with E-state index >= 15 is 0 Å². The Kier molecular flexibility index (Phi) is 4.71. The molecule has 2 aromatic rings. The molecule has 0 spiro atoms.